The number of hydroxylamine groups is 2. The number of aliphatic carboxylic acids is 1. The van der Waals surface area contributed by atoms with Gasteiger partial charge in [0.15, 0.2) is 12.3 Å². The van der Waals surface area contributed by atoms with Crippen LogP contribution in [0.25, 0.3) is 5.69 Å². The Bertz CT molecular complexity index is 1530. The van der Waals surface area contributed by atoms with Crippen LogP contribution in [0.3, 0.4) is 0 Å². The summed E-state index contributed by atoms with van der Waals surface area (Å²) in [6.07, 6.45) is -0.745. The van der Waals surface area contributed by atoms with Crippen LogP contribution in [-0.4, -0.2) is 137 Å². The molecule has 3 N–H and O–H groups in total. The second-order valence-corrected chi connectivity index (χ2v) is 10.9. The zero-order chi connectivity index (χ0) is 35.5. The summed E-state index contributed by atoms with van der Waals surface area (Å²) in [6.45, 7) is 0.774. The molecule has 266 valence electrons. The number of hydrogen-bond acceptors (Lipinski definition) is 11. The van der Waals surface area contributed by atoms with E-state index in [2.05, 4.69) is 15.7 Å². The Kier molecular flexibility index (Phi) is 12.8. The van der Waals surface area contributed by atoms with E-state index >= 15 is 0 Å². The van der Waals surface area contributed by atoms with E-state index in [-0.39, 0.29) is 63.1 Å². The normalized spacial score (nSPS) is 16.8. The lowest BCUT2D eigenvalue weighted by atomic mass is 10.1. The van der Waals surface area contributed by atoms with E-state index < -0.39 is 73.4 Å². The number of amides is 4. The largest absolute Gasteiger partial charge is 0.527 e. The first kappa shape index (κ1) is 36.5. The summed E-state index contributed by atoms with van der Waals surface area (Å²) < 4.78 is 38.2. The van der Waals surface area contributed by atoms with E-state index in [1.807, 2.05) is 0 Å². The lowest BCUT2D eigenvalue weighted by molar-refractivity contribution is -0.158. The first-order valence-electron chi connectivity index (χ1n) is 15.5. The van der Waals surface area contributed by atoms with Crippen molar-refractivity contribution in [3.05, 3.63) is 41.8 Å². The molecular formula is C30H37F2N7O10. The van der Waals surface area contributed by atoms with Gasteiger partial charge in [-0.2, -0.15) is 5.10 Å². The summed E-state index contributed by atoms with van der Waals surface area (Å²) in [6, 6.07) is 3.92. The highest BCUT2D eigenvalue weighted by atomic mass is 19.1. The van der Waals surface area contributed by atoms with Crippen molar-refractivity contribution in [3.8, 4) is 11.6 Å². The van der Waals surface area contributed by atoms with Crippen LogP contribution in [0.4, 0.5) is 13.6 Å². The second-order valence-electron chi connectivity index (χ2n) is 10.9. The minimum Gasteiger partial charge on any atom is -0.481 e. The number of carbonyl (C=O) groups is 6. The van der Waals surface area contributed by atoms with Crippen molar-refractivity contribution in [2.45, 2.75) is 38.3 Å². The van der Waals surface area contributed by atoms with Gasteiger partial charge in [-0.1, -0.05) is 6.07 Å². The number of aromatic nitrogens is 2. The number of nitrogens with zero attached hydrogens (tertiary/aromatic N) is 5. The van der Waals surface area contributed by atoms with Crippen LogP contribution in [0.2, 0.25) is 0 Å². The third kappa shape index (κ3) is 9.84. The van der Waals surface area contributed by atoms with Crippen LogP contribution in [0.1, 0.15) is 36.7 Å². The number of halogens is 2. The molecule has 2 aliphatic heterocycles. The van der Waals surface area contributed by atoms with E-state index in [1.54, 1.807) is 6.92 Å². The number of alkyl halides is 1. The van der Waals surface area contributed by atoms with Gasteiger partial charge < -0.3 is 39.9 Å². The van der Waals surface area contributed by atoms with Gasteiger partial charge in [0.1, 0.15) is 24.6 Å². The van der Waals surface area contributed by atoms with Gasteiger partial charge in [0, 0.05) is 32.2 Å². The zero-order valence-electron chi connectivity index (χ0n) is 26.6. The third-order valence-corrected chi connectivity index (χ3v) is 7.57. The van der Waals surface area contributed by atoms with E-state index in [4.69, 9.17) is 14.3 Å². The molecule has 2 fully saturated rings. The Morgan fingerprint density at radius 1 is 1.08 bits per heavy atom. The van der Waals surface area contributed by atoms with Crippen LogP contribution < -0.4 is 15.4 Å². The van der Waals surface area contributed by atoms with Gasteiger partial charge in [-0.15, -0.1) is 5.06 Å². The topological polar surface area (TPSA) is 202 Å². The summed E-state index contributed by atoms with van der Waals surface area (Å²) in [5, 5.41) is 19.8. The van der Waals surface area contributed by atoms with Crippen molar-refractivity contribution in [2.24, 2.45) is 0 Å². The molecule has 2 saturated heterocycles. The SMILES string of the molecule is CCOC(=O)ON1CCN(C(=O)[C@H](CC(=O)O)NC(=O)c2cc(OCC(=O)N3CCC[C@H]3C(=O)NCCF)n(-c3cccc(F)c3)n2)CC1. The molecule has 0 saturated carbocycles. The summed E-state index contributed by atoms with van der Waals surface area (Å²) in [4.78, 5) is 83.1. The number of likely N-dealkylation sites (tertiary alicyclic amines) is 1. The van der Waals surface area contributed by atoms with Gasteiger partial charge in [0.05, 0.1) is 31.8 Å². The van der Waals surface area contributed by atoms with Crippen LogP contribution in [0.5, 0.6) is 5.88 Å². The van der Waals surface area contributed by atoms with Crippen molar-refractivity contribution in [1.82, 2.24) is 35.3 Å². The molecule has 3 heterocycles. The predicted octanol–water partition coefficient (Wildman–Crippen LogP) is 0.272. The number of hydrogen-bond donors (Lipinski definition) is 3. The van der Waals surface area contributed by atoms with Crippen LogP contribution in [-0.2, 0) is 28.8 Å². The fraction of sp³-hybridized carbons (Fsp3) is 0.500. The molecule has 1 aromatic heterocycles. The van der Waals surface area contributed by atoms with Crippen LogP contribution in [0.15, 0.2) is 30.3 Å². The van der Waals surface area contributed by atoms with E-state index in [9.17, 15) is 42.7 Å². The highest BCUT2D eigenvalue weighted by Gasteiger charge is 2.35. The third-order valence-electron chi connectivity index (χ3n) is 7.57. The number of carboxylic acids is 1. The van der Waals surface area contributed by atoms with Crippen LogP contribution >= 0.6 is 0 Å². The summed E-state index contributed by atoms with van der Waals surface area (Å²) >= 11 is 0. The first-order valence-corrected chi connectivity index (χ1v) is 15.5. The molecular weight excluding hydrogens is 656 g/mol. The van der Waals surface area contributed by atoms with Crippen molar-refractivity contribution in [3.63, 3.8) is 0 Å². The first-order chi connectivity index (χ1) is 23.5. The average molecular weight is 694 g/mol. The fourth-order valence-corrected chi connectivity index (χ4v) is 5.29. The molecule has 49 heavy (non-hydrogen) atoms. The van der Waals surface area contributed by atoms with Gasteiger partial charge in [-0.3, -0.25) is 24.0 Å². The molecule has 2 atom stereocenters. The molecule has 19 heteroatoms. The molecule has 4 amide bonds. The Morgan fingerprint density at radius 2 is 1.84 bits per heavy atom. The summed E-state index contributed by atoms with van der Waals surface area (Å²) in [5.74, 6) is -4.90. The fourth-order valence-electron chi connectivity index (χ4n) is 5.29. The molecule has 0 unspecified atom stereocenters. The van der Waals surface area contributed by atoms with Crippen molar-refractivity contribution >= 4 is 35.8 Å². The maximum absolute atomic E-state index is 14.1. The number of nitrogens with one attached hydrogen (secondary N) is 2. The van der Waals surface area contributed by atoms with Gasteiger partial charge in [0.2, 0.25) is 17.7 Å². The standard InChI is InChI=1S/C30H37F2N7O10/c1-2-47-30(46)49-37-13-11-36(12-14-37)29(45)22(17-26(41)42)34-27(43)21-16-25(39(35-21)20-6-3-5-19(32)15-20)48-18-24(40)38-10-4-7-23(38)28(44)33-9-8-31/h3,5-6,15-16,22-23H,2,4,7-14,17-18H2,1H3,(H,33,44)(H,34,43)(H,41,42)/t22-,23-/m0/s1. The monoisotopic (exact) mass is 693 g/mol. The molecule has 17 nitrogen and oxygen atoms in total. The molecule has 0 aliphatic carbocycles. The zero-order valence-corrected chi connectivity index (χ0v) is 26.6. The van der Waals surface area contributed by atoms with Gasteiger partial charge >= 0.3 is 12.1 Å². The minimum atomic E-state index is -1.51. The van der Waals surface area contributed by atoms with Crippen molar-refractivity contribution < 1.29 is 57.0 Å². The van der Waals surface area contributed by atoms with Crippen molar-refractivity contribution in [1.29, 1.82) is 0 Å². The number of carbonyl (C=O) groups excluding carboxylic acids is 5. The Labute approximate surface area is 279 Å². The number of piperazine rings is 1. The summed E-state index contributed by atoms with van der Waals surface area (Å²) in [5.41, 5.74) is -0.223. The number of carboxylic acid groups (broad SMARTS) is 1. The van der Waals surface area contributed by atoms with Gasteiger partial charge in [-0.05, 0) is 38.0 Å². The Balaban J connectivity index is 1.48. The molecule has 4 rings (SSSR count). The lowest BCUT2D eigenvalue weighted by Crippen LogP contribution is -2.55. The molecule has 2 aliphatic rings. The van der Waals surface area contributed by atoms with E-state index in [0.29, 0.717) is 12.8 Å². The number of rotatable bonds is 14. The highest BCUT2D eigenvalue weighted by molar-refractivity contribution is 5.97. The minimum absolute atomic E-state index is 0.0554. The average Bonchev–Trinajstić information content (AvgIpc) is 3.74. The van der Waals surface area contributed by atoms with Gasteiger partial charge in [-0.25, -0.2) is 18.3 Å². The molecule has 2 aromatic rings. The Morgan fingerprint density at radius 3 is 2.51 bits per heavy atom. The molecule has 0 bridgehead atoms. The Hall–Kier alpha value is -5.33. The smallest absolute Gasteiger partial charge is 0.481 e. The highest BCUT2D eigenvalue weighted by Crippen LogP contribution is 2.23. The quantitative estimate of drug-likeness (QED) is 0.229. The van der Waals surface area contributed by atoms with Crippen LogP contribution in [0, 0.1) is 5.82 Å². The summed E-state index contributed by atoms with van der Waals surface area (Å²) in [7, 11) is 0. The van der Waals surface area contributed by atoms with E-state index in [0.717, 1.165) is 16.8 Å². The van der Waals surface area contributed by atoms with E-state index in [1.165, 1.54) is 33.1 Å². The molecule has 0 spiro atoms. The second kappa shape index (κ2) is 17.2. The number of ether oxygens (including phenoxy) is 2. The lowest BCUT2D eigenvalue weighted by Gasteiger charge is -2.34. The van der Waals surface area contributed by atoms with Gasteiger partial charge in [0.25, 0.3) is 11.8 Å². The maximum Gasteiger partial charge on any atom is 0.527 e. The maximum atomic E-state index is 14.1. The molecule has 1 aromatic carbocycles. The van der Waals surface area contributed by atoms with Crippen molar-refractivity contribution in [2.75, 3.05) is 59.2 Å². The predicted molar refractivity (Wildman–Crippen MR) is 163 cm³/mol. The molecule has 0 radical (unpaired) electrons. The number of benzene rings is 1.